The molecule has 4 rings (SSSR count). The fraction of sp³-hybridized carbons (Fsp3) is 0.200. The molecule has 1 atom stereocenters. The van der Waals surface area contributed by atoms with E-state index in [0.29, 0.717) is 11.0 Å². The third-order valence-corrected chi connectivity index (χ3v) is 6.54. The largest absolute Gasteiger partial charge is 0.368 e. The van der Waals surface area contributed by atoms with Crippen LogP contribution in [-0.4, -0.2) is 25.7 Å². The molecule has 0 bridgehead atoms. The number of carbonyl (C=O) groups is 1. The molecule has 0 saturated carbocycles. The Balaban J connectivity index is 1.92. The number of amides is 1. The van der Waals surface area contributed by atoms with Crippen molar-refractivity contribution in [3.63, 3.8) is 0 Å². The molecule has 2 aromatic carbocycles. The number of nitrogens with zero attached hydrogens (tertiary/aromatic N) is 4. The van der Waals surface area contributed by atoms with E-state index in [1.54, 1.807) is 12.4 Å². The Morgan fingerprint density at radius 3 is 2.28 bits per heavy atom. The molecule has 0 radical (unpaired) electrons. The first kappa shape index (κ1) is 21.8. The Kier molecular flexibility index (Phi) is 6.66. The molecule has 2 heterocycles. The lowest BCUT2D eigenvalue weighted by molar-refractivity contribution is -0.117. The van der Waals surface area contributed by atoms with E-state index in [1.165, 1.54) is 22.9 Å². The van der Waals surface area contributed by atoms with Crippen molar-refractivity contribution < 1.29 is 4.79 Å². The van der Waals surface area contributed by atoms with Crippen molar-refractivity contribution in [2.24, 2.45) is 5.73 Å². The molecule has 0 aliphatic rings. The molecule has 0 fully saturated rings. The highest BCUT2D eigenvalue weighted by Gasteiger charge is 2.26. The number of benzene rings is 2. The fourth-order valence-corrected chi connectivity index (χ4v) is 4.75. The first-order chi connectivity index (χ1) is 15.6. The zero-order valence-electron chi connectivity index (χ0n) is 18.1. The normalized spacial score (nSPS) is 11.9. The fourth-order valence-electron chi connectivity index (χ4n) is 3.76. The molecule has 2 N–H and O–H groups in total. The van der Waals surface area contributed by atoms with E-state index in [2.05, 4.69) is 51.8 Å². The molecule has 7 heteroatoms. The Labute approximate surface area is 191 Å². The highest BCUT2D eigenvalue weighted by Crippen LogP contribution is 2.38. The number of aromatic nitrogens is 4. The van der Waals surface area contributed by atoms with Gasteiger partial charge in [-0.25, -0.2) is 0 Å². The number of para-hydroxylation sites is 1. The standard InChI is InChI=1S/C25H25N5OS/c1-3-17-12-8-13-18(4-2)21(17)30-24(20-14-9-15-27-16-20)28-29-25(30)32-22(23(26)31)19-10-6-5-7-11-19/h5-16,22H,3-4H2,1-2H3,(H2,26,31). The molecule has 2 aromatic heterocycles. The van der Waals surface area contributed by atoms with Gasteiger partial charge in [0.1, 0.15) is 5.25 Å². The van der Waals surface area contributed by atoms with Crippen LogP contribution in [0.15, 0.2) is 78.2 Å². The number of thioether (sulfide) groups is 1. The molecule has 1 unspecified atom stereocenters. The minimum absolute atomic E-state index is 0.418. The van der Waals surface area contributed by atoms with Gasteiger partial charge >= 0.3 is 0 Å². The zero-order chi connectivity index (χ0) is 22.5. The van der Waals surface area contributed by atoms with Gasteiger partial charge in [0.2, 0.25) is 5.91 Å². The van der Waals surface area contributed by atoms with Gasteiger partial charge in [0.15, 0.2) is 11.0 Å². The van der Waals surface area contributed by atoms with Crippen molar-refractivity contribution >= 4 is 17.7 Å². The van der Waals surface area contributed by atoms with Crippen molar-refractivity contribution in [1.82, 2.24) is 19.7 Å². The van der Waals surface area contributed by atoms with E-state index in [-0.39, 0.29) is 0 Å². The second-order valence-electron chi connectivity index (χ2n) is 7.33. The van der Waals surface area contributed by atoms with Crippen LogP contribution in [0.2, 0.25) is 0 Å². The van der Waals surface area contributed by atoms with Crippen LogP contribution in [0, 0.1) is 0 Å². The number of rotatable bonds is 8. The van der Waals surface area contributed by atoms with E-state index < -0.39 is 11.2 Å². The van der Waals surface area contributed by atoms with Crippen LogP contribution in [0.5, 0.6) is 0 Å². The van der Waals surface area contributed by atoms with Crippen molar-refractivity contribution in [3.8, 4) is 17.1 Å². The quantitative estimate of drug-likeness (QED) is 0.396. The predicted octanol–water partition coefficient (Wildman–Crippen LogP) is 4.77. The first-order valence-electron chi connectivity index (χ1n) is 10.6. The minimum atomic E-state index is -0.584. The summed E-state index contributed by atoms with van der Waals surface area (Å²) in [5.74, 6) is 0.269. The summed E-state index contributed by atoms with van der Waals surface area (Å²) in [6.07, 6.45) is 5.22. The summed E-state index contributed by atoms with van der Waals surface area (Å²) in [6.45, 7) is 4.27. The summed E-state index contributed by atoms with van der Waals surface area (Å²) in [7, 11) is 0. The van der Waals surface area contributed by atoms with E-state index in [0.717, 1.165) is 29.7 Å². The van der Waals surface area contributed by atoms with E-state index in [1.807, 2.05) is 42.5 Å². The van der Waals surface area contributed by atoms with Crippen LogP contribution in [0.3, 0.4) is 0 Å². The third kappa shape index (κ3) is 4.29. The van der Waals surface area contributed by atoms with Gasteiger partial charge in [0.25, 0.3) is 0 Å². The summed E-state index contributed by atoms with van der Waals surface area (Å²) in [4.78, 5) is 16.7. The molecule has 0 aliphatic heterocycles. The Bertz CT molecular complexity index is 1190. The van der Waals surface area contributed by atoms with E-state index in [9.17, 15) is 4.79 Å². The Hall–Kier alpha value is -3.45. The van der Waals surface area contributed by atoms with Crippen LogP contribution in [-0.2, 0) is 17.6 Å². The maximum Gasteiger partial charge on any atom is 0.235 e. The lowest BCUT2D eigenvalue weighted by Gasteiger charge is -2.19. The van der Waals surface area contributed by atoms with Crippen molar-refractivity contribution in [1.29, 1.82) is 0 Å². The van der Waals surface area contributed by atoms with Crippen molar-refractivity contribution in [2.75, 3.05) is 0 Å². The number of nitrogens with two attached hydrogens (primary N) is 1. The number of aryl methyl sites for hydroxylation is 2. The molecule has 4 aromatic rings. The van der Waals surface area contributed by atoms with Gasteiger partial charge in [-0.2, -0.15) is 0 Å². The van der Waals surface area contributed by atoms with Gasteiger partial charge in [-0.05, 0) is 41.7 Å². The molecule has 1 amide bonds. The summed E-state index contributed by atoms with van der Waals surface area (Å²) in [6, 6.07) is 19.7. The lowest BCUT2D eigenvalue weighted by atomic mass is 10.0. The second-order valence-corrected chi connectivity index (χ2v) is 8.40. The molecule has 6 nitrogen and oxygen atoms in total. The monoisotopic (exact) mass is 443 g/mol. The maximum atomic E-state index is 12.4. The number of carbonyl (C=O) groups excluding carboxylic acids is 1. The minimum Gasteiger partial charge on any atom is -0.368 e. The first-order valence-corrected chi connectivity index (χ1v) is 11.5. The van der Waals surface area contributed by atoms with Gasteiger partial charge in [-0.1, -0.05) is 74.1 Å². The van der Waals surface area contributed by atoms with Crippen LogP contribution < -0.4 is 5.73 Å². The molecule has 0 spiro atoms. The summed E-state index contributed by atoms with van der Waals surface area (Å²) in [5.41, 5.74) is 10.9. The highest BCUT2D eigenvalue weighted by atomic mass is 32.2. The van der Waals surface area contributed by atoms with Gasteiger partial charge < -0.3 is 5.73 Å². The van der Waals surface area contributed by atoms with E-state index >= 15 is 0 Å². The summed E-state index contributed by atoms with van der Waals surface area (Å²) in [5, 5.41) is 9.06. The number of hydrogen-bond acceptors (Lipinski definition) is 5. The van der Waals surface area contributed by atoms with Crippen LogP contribution in [0.1, 0.15) is 35.8 Å². The number of pyridine rings is 1. The van der Waals surface area contributed by atoms with Gasteiger partial charge in [0, 0.05) is 18.0 Å². The molecule has 32 heavy (non-hydrogen) atoms. The molecule has 162 valence electrons. The number of hydrogen-bond donors (Lipinski definition) is 1. The Morgan fingerprint density at radius 1 is 0.969 bits per heavy atom. The average molecular weight is 444 g/mol. The smallest absolute Gasteiger partial charge is 0.235 e. The maximum absolute atomic E-state index is 12.4. The molecular weight excluding hydrogens is 418 g/mol. The van der Waals surface area contributed by atoms with E-state index in [4.69, 9.17) is 5.73 Å². The average Bonchev–Trinajstić information content (AvgIpc) is 3.26. The molecule has 0 aliphatic carbocycles. The summed E-state index contributed by atoms with van der Waals surface area (Å²) < 4.78 is 2.05. The topological polar surface area (TPSA) is 86.7 Å². The zero-order valence-corrected chi connectivity index (χ0v) is 18.9. The molecule has 0 saturated heterocycles. The predicted molar refractivity (Wildman–Crippen MR) is 128 cm³/mol. The summed E-state index contributed by atoms with van der Waals surface area (Å²) >= 11 is 1.32. The highest BCUT2D eigenvalue weighted by molar-refractivity contribution is 8.00. The number of primary amides is 1. The Morgan fingerprint density at radius 2 is 1.69 bits per heavy atom. The van der Waals surface area contributed by atoms with Gasteiger partial charge in [-0.15, -0.1) is 10.2 Å². The molecular formula is C25H25N5OS. The van der Waals surface area contributed by atoms with Crippen molar-refractivity contribution in [3.05, 3.63) is 89.7 Å². The second kappa shape index (κ2) is 9.78. The van der Waals surface area contributed by atoms with Crippen LogP contribution >= 0.6 is 11.8 Å². The van der Waals surface area contributed by atoms with Gasteiger partial charge in [0.05, 0.1) is 5.69 Å². The van der Waals surface area contributed by atoms with Crippen molar-refractivity contribution in [2.45, 2.75) is 37.1 Å². The van der Waals surface area contributed by atoms with Gasteiger partial charge in [-0.3, -0.25) is 14.3 Å². The van der Waals surface area contributed by atoms with Crippen LogP contribution in [0.4, 0.5) is 0 Å². The van der Waals surface area contributed by atoms with Crippen LogP contribution in [0.25, 0.3) is 17.1 Å². The lowest BCUT2D eigenvalue weighted by Crippen LogP contribution is -2.19. The SMILES string of the molecule is CCc1cccc(CC)c1-n1c(SC(C(N)=O)c2ccccc2)nnc1-c1cccnc1. The third-order valence-electron chi connectivity index (χ3n) is 5.33.